The highest BCUT2D eigenvalue weighted by atomic mass is 16.6. The molecule has 8 heteroatoms. The predicted octanol–water partition coefficient (Wildman–Crippen LogP) is 4.46. The number of likely N-dealkylation sites (tertiary alicyclic amines) is 1. The Bertz CT molecular complexity index is 955. The highest BCUT2D eigenvalue weighted by Crippen LogP contribution is 2.55. The molecular weight excluding hydrogens is 448 g/mol. The molecule has 3 aliphatic rings. The van der Waals surface area contributed by atoms with Gasteiger partial charge in [-0.3, -0.25) is 4.79 Å². The van der Waals surface area contributed by atoms with Crippen LogP contribution in [-0.4, -0.2) is 60.4 Å². The van der Waals surface area contributed by atoms with Crippen LogP contribution in [0.2, 0.25) is 0 Å². The van der Waals surface area contributed by atoms with Crippen molar-refractivity contribution in [3.8, 4) is 11.5 Å². The number of nitrogens with one attached hydrogen (secondary N) is 1. The van der Waals surface area contributed by atoms with Gasteiger partial charge in [0.05, 0.1) is 19.3 Å². The van der Waals surface area contributed by atoms with Crippen molar-refractivity contribution in [1.29, 1.82) is 0 Å². The van der Waals surface area contributed by atoms with Gasteiger partial charge in [-0.2, -0.15) is 0 Å². The molecule has 8 nitrogen and oxygen atoms in total. The number of rotatable bonds is 4. The SMILES string of the molecule is CC[C@H](NC(=O)OC(C)(C)C)C(=O)N1CC[C@@H]2O[C@@H]3c4cccc(OC)c4OC(C)(C)[C@H]3C[C@@H]2C1. The van der Waals surface area contributed by atoms with Gasteiger partial charge in [0.1, 0.15) is 17.2 Å². The normalized spacial score (nSPS) is 27.9. The van der Waals surface area contributed by atoms with E-state index in [1.54, 1.807) is 27.9 Å². The minimum atomic E-state index is -0.614. The molecule has 2 fully saturated rings. The van der Waals surface area contributed by atoms with Crippen LogP contribution in [0.25, 0.3) is 0 Å². The van der Waals surface area contributed by atoms with Crippen molar-refractivity contribution in [2.75, 3.05) is 20.2 Å². The van der Waals surface area contributed by atoms with E-state index in [9.17, 15) is 9.59 Å². The fraction of sp³-hybridized carbons (Fsp3) is 0.704. The lowest BCUT2D eigenvalue weighted by Crippen LogP contribution is -2.58. The van der Waals surface area contributed by atoms with Crippen LogP contribution >= 0.6 is 0 Å². The van der Waals surface area contributed by atoms with Crippen LogP contribution in [-0.2, 0) is 14.3 Å². The summed E-state index contributed by atoms with van der Waals surface area (Å²) in [6.45, 7) is 12.7. The van der Waals surface area contributed by atoms with E-state index in [0.29, 0.717) is 19.5 Å². The van der Waals surface area contributed by atoms with Crippen molar-refractivity contribution in [3.05, 3.63) is 23.8 Å². The molecule has 1 aromatic rings. The molecule has 1 aromatic carbocycles. The molecule has 0 saturated carbocycles. The quantitative estimate of drug-likeness (QED) is 0.673. The van der Waals surface area contributed by atoms with Gasteiger partial charge in [0.2, 0.25) is 5.91 Å². The number of methoxy groups -OCH3 is 1. The Balaban J connectivity index is 1.47. The third-order valence-electron chi connectivity index (χ3n) is 7.41. The molecule has 3 aliphatic heterocycles. The summed E-state index contributed by atoms with van der Waals surface area (Å²) in [5, 5.41) is 2.76. The van der Waals surface area contributed by atoms with Gasteiger partial charge in [-0.25, -0.2) is 4.79 Å². The van der Waals surface area contributed by atoms with Gasteiger partial charge >= 0.3 is 6.09 Å². The lowest BCUT2D eigenvalue weighted by molar-refractivity contribution is -0.189. The standard InChI is InChI=1S/C27H40N2O6/c1-8-19(28-25(31)35-26(2,3)4)24(30)29-13-12-20-16(15-29)14-18-22(33-20)17-10-9-11-21(32-7)23(17)34-27(18,5)6/h9-11,16,18-20,22H,8,12-15H2,1-7H3,(H,28,31)/t16-,18+,19+,20+,22-/m1/s1. The summed E-state index contributed by atoms with van der Waals surface area (Å²) in [6, 6.07) is 5.36. The summed E-state index contributed by atoms with van der Waals surface area (Å²) in [4.78, 5) is 27.5. The molecule has 0 spiro atoms. The maximum Gasteiger partial charge on any atom is 0.408 e. The number of piperidine rings is 1. The Morgan fingerprint density at radius 1 is 1.29 bits per heavy atom. The molecular formula is C27H40N2O6. The first-order valence-corrected chi connectivity index (χ1v) is 12.7. The molecule has 0 unspecified atom stereocenters. The zero-order valence-corrected chi connectivity index (χ0v) is 22.1. The maximum absolute atomic E-state index is 13.3. The van der Waals surface area contributed by atoms with E-state index in [4.69, 9.17) is 18.9 Å². The van der Waals surface area contributed by atoms with E-state index in [1.807, 2.05) is 24.0 Å². The van der Waals surface area contributed by atoms with E-state index in [0.717, 1.165) is 29.9 Å². The number of benzene rings is 1. The van der Waals surface area contributed by atoms with Gasteiger partial charge in [0.25, 0.3) is 0 Å². The third kappa shape index (κ3) is 5.22. The molecule has 5 atom stereocenters. The number of fused-ring (bicyclic) bond motifs is 4. The molecule has 0 radical (unpaired) electrons. The van der Waals surface area contributed by atoms with E-state index < -0.39 is 23.3 Å². The largest absolute Gasteiger partial charge is 0.493 e. The lowest BCUT2D eigenvalue weighted by atomic mass is 9.70. The Morgan fingerprint density at radius 2 is 2.03 bits per heavy atom. The molecule has 35 heavy (non-hydrogen) atoms. The maximum atomic E-state index is 13.3. The topological polar surface area (TPSA) is 86.3 Å². The number of ether oxygens (including phenoxy) is 4. The van der Waals surface area contributed by atoms with Crippen LogP contribution in [0.1, 0.15) is 72.5 Å². The van der Waals surface area contributed by atoms with Gasteiger partial charge < -0.3 is 29.2 Å². The highest BCUT2D eigenvalue weighted by Gasteiger charge is 2.52. The van der Waals surface area contributed by atoms with Gasteiger partial charge in [-0.05, 0) is 59.9 Å². The number of carbonyl (C=O) groups excluding carboxylic acids is 2. The van der Waals surface area contributed by atoms with Gasteiger partial charge in [0, 0.05) is 30.5 Å². The Morgan fingerprint density at radius 3 is 2.69 bits per heavy atom. The summed E-state index contributed by atoms with van der Waals surface area (Å²) in [5.41, 5.74) is -0.0105. The third-order valence-corrected chi connectivity index (χ3v) is 7.41. The smallest absolute Gasteiger partial charge is 0.408 e. The Hall–Kier alpha value is -2.48. The lowest BCUT2D eigenvalue weighted by Gasteiger charge is -2.53. The second-order valence-electron chi connectivity index (χ2n) is 11.5. The Labute approximate surface area is 208 Å². The summed E-state index contributed by atoms with van der Waals surface area (Å²) >= 11 is 0. The van der Waals surface area contributed by atoms with Crippen molar-refractivity contribution in [2.24, 2.45) is 11.8 Å². The molecule has 194 valence electrons. The van der Waals surface area contributed by atoms with E-state index in [2.05, 4.69) is 25.2 Å². The van der Waals surface area contributed by atoms with Gasteiger partial charge in [0.15, 0.2) is 11.5 Å². The monoisotopic (exact) mass is 488 g/mol. The van der Waals surface area contributed by atoms with Crippen LogP contribution in [0.3, 0.4) is 0 Å². The van der Waals surface area contributed by atoms with Crippen LogP contribution in [0.5, 0.6) is 11.5 Å². The molecule has 0 aliphatic carbocycles. The number of carbonyl (C=O) groups is 2. The number of hydrogen-bond donors (Lipinski definition) is 1. The molecule has 3 heterocycles. The molecule has 2 amide bonds. The summed E-state index contributed by atoms with van der Waals surface area (Å²) in [6.07, 6.45) is 1.62. The van der Waals surface area contributed by atoms with Crippen LogP contribution in [0.4, 0.5) is 4.79 Å². The minimum absolute atomic E-state index is 0.0619. The number of para-hydroxylation sites is 1. The van der Waals surface area contributed by atoms with E-state index in [-0.39, 0.29) is 30.0 Å². The number of nitrogens with zero attached hydrogens (tertiary/aromatic N) is 1. The fourth-order valence-corrected chi connectivity index (χ4v) is 5.66. The molecule has 2 saturated heterocycles. The molecule has 0 bridgehead atoms. The molecule has 0 aromatic heterocycles. The van der Waals surface area contributed by atoms with Crippen LogP contribution < -0.4 is 14.8 Å². The number of alkyl carbamates (subject to hydrolysis) is 1. The van der Waals surface area contributed by atoms with Crippen molar-refractivity contribution in [2.45, 2.75) is 90.3 Å². The van der Waals surface area contributed by atoms with Crippen LogP contribution in [0, 0.1) is 11.8 Å². The van der Waals surface area contributed by atoms with E-state index >= 15 is 0 Å². The summed E-state index contributed by atoms with van der Waals surface area (Å²) in [5.74, 6) is 1.80. The first-order chi connectivity index (χ1) is 16.4. The first-order valence-electron chi connectivity index (χ1n) is 12.7. The minimum Gasteiger partial charge on any atom is -0.493 e. The number of amides is 2. The molecule has 1 N–H and O–H groups in total. The zero-order valence-electron chi connectivity index (χ0n) is 22.1. The van der Waals surface area contributed by atoms with Crippen molar-refractivity contribution in [1.82, 2.24) is 10.2 Å². The van der Waals surface area contributed by atoms with E-state index in [1.165, 1.54) is 0 Å². The van der Waals surface area contributed by atoms with Gasteiger partial charge in [-0.1, -0.05) is 19.1 Å². The zero-order chi connectivity index (χ0) is 25.5. The van der Waals surface area contributed by atoms with Crippen LogP contribution in [0.15, 0.2) is 18.2 Å². The summed E-state index contributed by atoms with van der Waals surface area (Å²) in [7, 11) is 1.66. The second kappa shape index (κ2) is 9.52. The highest BCUT2D eigenvalue weighted by molar-refractivity contribution is 5.85. The second-order valence-corrected chi connectivity index (χ2v) is 11.5. The average molecular weight is 489 g/mol. The van der Waals surface area contributed by atoms with Crippen molar-refractivity contribution >= 4 is 12.0 Å². The van der Waals surface area contributed by atoms with Crippen molar-refractivity contribution in [3.63, 3.8) is 0 Å². The first kappa shape index (κ1) is 25.6. The van der Waals surface area contributed by atoms with Gasteiger partial charge in [-0.15, -0.1) is 0 Å². The Kier molecular flexibility index (Phi) is 6.97. The predicted molar refractivity (Wildman–Crippen MR) is 132 cm³/mol. The van der Waals surface area contributed by atoms with Crippen molar-refractivity contribution < 1.29 is 28.5 Å². The molecule has 4 rings (SSSR count). The number of hydrogen-bond acceptors (Lipinski definition) is 6. The summed E-state index contributed by atoms with van der Waals surface area (Å²) < 4.78 is 24.1. The fourth-order valence-electron chi connectivity index (χ4n) is 5.66. The average Bonchev–Trinajstić information content (AvgIpc) is 2.79.